The van der Waals surface area contributed by atoms with Crippen molar-refractivity contribution in [2.45, 2.75) is 45.8 Å². The van der Waals surface area contributed by atoms with Crippen LogP contribution in [0.5, 0.6) is 5.75 Å². The van der Waals surface area contributed by atoms with Gasteiger partial charge in [0.25, 0.3) is 0 Å². The summed E-state index contributed by atoms with van der Waals surface area (Å²) in [6.45, 7) is 7.81. The topological polar surface area (TPSA) is 38.7 Å². The van der Waals surface area contributed by atoms with E-state index in [-0.39, 0.29) is 11.5 Å². The summed E-state index contributed by atoms with van der Waals surface area (Å²) in [4.78, 5) is 0. The molecule has 0 amide bonds. The van der Waals surface area contributed by atoms with Crippen LogP contribution in [0, 0.1) is 11.2 Å². The Labute approximate surface area is 166 Å². The molecule has 1 unspecified atom stereocenters. The SMILES string of the molecule is COc1cc(-c2ccc(CCl)cc2[C@@H](OC)C(C)(C)C)c(F)cc1C(C)O. The number of aliphatic hydroxyl groups is 1. The molecule has 27 heavy (non-hydrogen) atoms. The summed E-state index contributed by atoms with van der Waals surface area (Å²) < 4.78 is 26.2. The van der Waals surface area contributed by atoms with Crippen LogP contribution in [0.25, 0.3) is 11.1 Å². The maximum atomic E-state index is 15.0. The largest absolute Gasteiger partial charge is 0.496 e. The molecule has 0 bridgehead atoms. The molecule has 0 fully saturated rings. The molecule has 0 aliphatic carbocycles. The highest BCUT2D eigenvalue weighted by atomic mass is 35.5. The highest BCUT2D eigenvalue weighted by Gasteiger charge is 2.29. The second-order valence-corrected chi connectivity index (χ2v) is 8.05. The first-order valence-electron chi connectivity index (χ1n) is 8.91. The second kappa shape index (κ2) is 8.59. The second-order valence-electron chi connectivity index (χ2n) is 7.79. The van der Waals surface area contributed by atoms with Crippen LogP contribution in [0.2, 0.25) is 0 Å². The third kappa shape index (κ3) is 4.63. The highest BCUT2D eigenvalue weighted by molar-refractivity contribution is 6.17. The van der Waals surface area contributed by atoms with E-state index in [9.17, 15) is 5.11 Å². The zero-order valence-corrected chi connectivity index (χ0v) is 17.5. The van der Waals surface area contributed by atoms with Crippen LogP contribution in [0.1, 0.15) is 56.6 Å². The van der Waals surface area contributed by atoms with Gasteiger partial charge in [0.05, 0.1) is 19.3 Å². The molecular weight excluding hydrogens is 367 g/mol. The lowest BCUT2D eigenvalue weighted by Gasteiger charge is -2.32. The first kappa shape index (κ1) is 21.7. The third-order valence-electron chi connectivity index (χ3n) is 4.63. The van der Waals surface area contributed by atoms with E-state index < -0.39 is 11.9 Å². The van der Waals surface area contributed by atoms with E-state index in [0.29, 0.717) is 22.8 Å². The average Bonchev–Trinajstić information content (AvgIpc) is 2.61. The molecule has 2 aromatic carbocycles. The van der Waals surface area contributed by atoms with Crippen molar-refractivity contribution in [3.05, 3.63) is 52.8 Å². The molecule has 0 saturated heterocycles. The minimum absolute atomic E-state index is 0.200. The standard InChI is InChI=1S/C22H28ClFO3/c1-13(25)16-10-19(24)17(11-20(16)26-5)15-8-7-14(12-23)9-18(15)21(27-6)22(2,3)4/h7-11,13,21,25H,12H2,1-6H3/t13?,21-/m1/s1. The summed E-state index contributed by atoms with van der Waals surface area (Å²) in [5.74, 6) is 0.384. The molecule has 148 valence electrons. The molecule has 0 spiro atoms. The number of rotatable bonds is 6. The molecule has 0 saturated carbocycles. The molecule has 0 heterocycles. The number of alkyl halides is 1. The maximum Gasteiger partial charge on any atom is 0.131 e. The lowest BCUT2D eigenvalue weighted by molar-refractivity contribution is 0.0155. The molecular formula is C22H28ClFO3. The molecule has 0 radical (unpaired) electrons. The van der Waals surface area contributed by atoms with Crippen molar-refractivity contribution >= 4 is 11.6 Å². The van der Waals surface area contributed by atoms with Crippen molar-refractivity contribution in [3.8, 4) is 16.9 Å². The summed E-state index contributed by atoms with van der Waals surface area (Å²) >= 11 is 6.03. The van der Waals surface area contributed by atoms with Gasteiger partial charge in [0.2, 0.25) is 0 Å². The van der Waals surface area contributed by atoms with Crippen LogP contribution in [0.3, 0.4) is 0 Å². The molecule has 2 rings (SSSR count). The van der Waals surface area contributed by atoms with Gasteiger partial charge in [0.1, 0.15) is 11.6 Å². The van der Waals surface area contributed by atoms with Crippen molar-refractivity contribution in [2.24, 2.45) is 5.41 Å². The van der Waals surface area contributed by atoms with E-state index in [1.165, 1.54) is 13.2 Å². The average molecular weight is 395 g/mol. The monoisotopic (exact) mass is 394 g/mol. The van der Waals surface area contributed by atoms with E-state index in [0.717, 1.165) is 16.7 Å². The number of hydrogen-bond acceptors (Lipinski definition) is 3. The van der Waals surface area contributed by atoms with Gasteiger partial charge in [-0.05, 0) is 41.2 Å². The van der Waals surface area contributed by atoms with Gasteiger partial charge in [-0.3, -0.25) is 0 Å². The fourth-order valence-electron chi connectivity index (χ4n) is 3.38. The predicted octanol–water partition coefficient (Wildman–Crippen LogP) is 6.03. The van der Waals surface area contributed by atoms with Crippen LogP contribution < -0.4 is 4.74 Å². The van der Waals surface area contributed by atoms with Crippen LogP contribution >= 0.6 is 11.6 Å². The summed E-state index contributed by atoms with van der Waals surface area (Å²) in [5, 5.41) is 9.90. The van der Waals surface area contributed by atoms with Gasteiger partial charge in [0, 0.05) is 24.1 Å². The van der Waals surface area contributed by atoms with E-state index in [2.05, 4.69) is 20.8 Å². The minimum Gasteiger partial charge on any atom is -0.496 e. The quantitative estimate of drug-likeness (QED) is 0.608. The molecule has 2 atom stereocenters. The molecule has 5 heteroatoms. The Morgan fingerprint density at radius 3 is 2.22 bits per heavy atom. The van der Waals surface area contributed by atoms with Gasteiger partial charge in [-0.1, -0.05) is 39.0 Å². The lowest BCUT2D eigenvalue weighted by Crippen LogP contribution is -2.21. The van der Waals surface area contributed by atoms with Crippen molar-refractivity contribution in [3.63, 3.8) is 0 Å². The Morgan fingerprint density at radius 2 is 1.74 bits per heavy atom. The Bertz CT molecular complexity index is 797. The van der Waals surface area contributed by atoms with Crippen LogP contribution in [-0.2, 0) is 10.6 Å². The zero-order valence-electron chi connectivity index (χ0n) is 16.8. The number of methoxy groups -OCH3 is 2. The number of aliphatic hydroxyl groups excluding tert-OH is 1. The zero-order chi connectivity index (χ0) is 20.4. The molecule has 0 aromatic heterocycles. The van der Waals surface area contributed by atoms with Gasteiger partial charge in [-0.15, -0.1) is 11.6 Å². The summed E-state index contributed by atoms with van der Waals surface area (Å²) in [6.07, 6.45) is -1.08. The van der Waals surface area contributed by atoms with Crippen LogP contribution in [-0.4, -0.2) is 19.3 Å². The van der Waals surface area contributed by atoms with E-state index in [4.69, 9.17) is 21.1 Å². The van der Waals surface area contributed by atoms with Crippen LogP contribution in [0.4, 0.5) is 4.39 Å². The molecule has 2 aromatic rings. The Kier molecular flexibility index (Phi) is 6.90. The van der Waals surface area contributed by atoms with E-state index in [1.54, 1.807) is 20.1 Å². The molecule has 3 nitrogen and oxygen atoms in total. The Morgan fingerprint density at radius 1 is 1.07 bits per heavy atom. The van der Waals surface area contributed by atoms with Crippen molar-refractivity contribution in [2.75, 3.05) is 14.2 Å². The van der Waals surface area contributed by atoms with Gasteiger partial charge >= 0.3 is 0 Å². The summed E-state index contributed by atoms with van der Waals surface area (Å²) in [5.41, 5.74) is 3.15. The van der Waals surface area contributed by atoms with E-state index in [1.807, 2.05) is 18.2 Å². The number of hydrogen-bond donors (Lipinski definition) is 1. The maximum absolute atomic E-state index is 15.0. The van der Waals surface area contributed by atoms with Gasteiger partial charge in [-0.25, -0.2) is 4.39 Å². The first-order chi connectivity index (χ1) is 12.6. The Balaban J connectivity index is 2.75. The predicted molar refractivity (Wildman–Crippen MR) is 108 cm³/mol. The normalized spacial score (nSPS) is 14.1. The fraction of sp³-hybridized carbons (Fsp3) is 0.455. The molecule has 0 aliphatic rings. The highest BCUT2D eigenvalue weighted by Crippen LogP contribution is 2.43. The number of ether oxygens (including phenoxy) is 2. The van der Waals surface area contributed by atoms with Gasteiger partial charge < -0.3 is 14.6 Å². The number of benzene rings is 2. The van der Waals surface area contributed by atoms with Crippen LogP contribution in [0.15, 0.2) is 30.3 Å². The Hall–Kier alpha value is -1.62. The van der Waals surface area contributed by atoms with Crippen molar-refractivity contribution in [1.29, 1.82) is 0 Å². The first-order valence-corrected chi connectivity index (χ1v) is 9.44. The van der Waals surface area contributed by atoms with Gasteiger partial charge in [-0.2, -0.15) is 0 Å². The summed E-state index contributed by atoms with van der Waals surface area (Å²) in [6, 6.07) is 8.68. The molecule has 1 N–H and O–H groups in total. The van der Waals surface area contributed by atoms with E-state index >= 15 is 4.39 Å². The van der Waals surface area contributed by atoms with Crippen molar-refractivity contribution in [1.82, 2.24) is 0 Å². The smallest absolute Gasteiger partial charge is 0.131 e. The van der Waals surface area contributed by atoms with Crippen molar-refractivity contribution < 1.29 is 19.0 Å². The third-order valence-corrected chi connectivity index (χ3v) is 4.94. The fourth-order valence-corrected chi connectivity index (χ4v) is 3.55. The lowest BCUT2D eigenvalue weighted by atomic mass is 9.81. The minimum atomic E-state index is -0.831. The number of halogens is 2. The van der Waals surface area contributed by atoms with Gasteiger partial charge in [0.15, 0.2) is 0 Å². The summed E-state index contributed by atoms with van der Waals surface area (Å²) in [7, 11) is 3.16. The molecule has 0 aliphatic heterocycles.